The zero-order chi connectivity index (χ0) is 11.7. The zero-order valence-corrected chi connectivity index (χ0v) is 10.3. The van der Waals surface area contributed by atoms with Crippen LogP contribution in [0.4, 0.5) is 0 Å². The molecule has 0 saturated heterocycles. The van der Waals surface area contributed by atoms with Gasteiger partial charge in [0, 0.05) is 5.54 Å². The van der Waals surface area contributed by atoms with Crippen molar-refractivity contribution in [2.75, 3.05) is 6.61 Å². The van der Waals surface area contributed by atoms with E-state index in [9.17, 15) is 8.42 Å². The summed E-state index contributed by atoms with van der Waals surface area (Å²) in [6, 6.07) is 0. The lowest BCUT2D eigenvalue weighted by atomic mass is 9.91. The molecule has 0 amide bonds. The van der Waals surface area contributed by atoms with Gasteiger partial charge in [0.1, 0.15) is 0 Å². The number of hydrogen-bond donors (Lipinski definition) is 2. The lowest BCUT2D eigenvalue weighted by Crippen LogP contribution is -2.47. The van der Waals surface area contributed by atoms with Gasteiger partial charge >= 0.3 is 0 Å². The molecule has 2 N–H and O–H groups in total. The third-order valence-electron chi connectivity index (χ3n) is 2.25. The summed E-state index contributed by atoms with van der Waals surface area (Å²) in [4.78, 5) is 0. The van der Waals surface area contributed by atoms with E-state index in [-0.39, 0.29) is 11.9 Å². The Balaban J connectivity index is 2.57. The van der Waals surface area contributed by atoms with Gasteiger partial charge in [0.05, 0.1) is 11.9 Å². The molecule has 0 aromatic carbocycles. The van der Waals surface area contributed by atoms with Gasteiger partial charge in [-0.15, -0.1) is 0 Å². The van der Waals surface area contributed by atoms with Crippen molar-refractivity contribution in [1.82, 2.24) is 4.72 Å². The van der Waals surface area contributed by atoms with E-state index in [1.165, 1.54) is 0 Å². The van der Waals surface area contributed by atoms with E-state index < -0.39 is 15.6 Å². The van der Waals surface area contributed by atoms with Gasteiger partial charge in [-0.1, -0.05) is 11.6 Å². The summed E-state index contributed by atoms with van der Waals surface area (Å²) >= 11 is 0. The number of sulfonamides is 1. The topological polar surface area (TPSA) is 66.4 Å². The highest BCUT2D eigenvalue weighted by Gasteiger charge is 2.36. The first-order chi connectivity index (χ1) is 6.74. The van der Waals surface area contributed by atoms with Crippen LogP contribution in [0.1, 0.15) is 33.6 Å². The van der Waals surface area contributed by atoms with Gasteiger partial charge in [0.2, 0.25) is 10.0 Å². The smallest absolute Gasteiger partial charge is 0.215 e. The lowest BCUT2D eigenvalue weighted by molar-refractivity contribution is 0.339. The van der Waals surface area contributed by atoms with Crippen molar-refractivity contribution in [3.63, 3.8) is 0 Å². The maximum atomic E-state index is 11.8. The van der Waals surface area contributed by atoms with Crippen molar-refractivity contribution >= 4 is 10.0 Å². The highest BCUT2D eigenvalue weighted by atomic mass is 32.2. The summed E-state index contributed by atoms with van der Waals surface area (Å²) in [5.41, 5.74) is 0.608. The molecule has 1 aliphatic rings. The zero-order valence-electron chi connectivity index (χ0n) is 9.45. The summed E-state index contributed by atoms with van der Waals surface area (Å²) in [6.45, 7) is 5.48. The van der Waals surface area contributed by atoms with Crippen LogP contribution in [-0.4, -0.2) is 30.9 Å². The number of rotatable bonds is 3. The molecule has 1 fully saturated rings. The predicted molar refractivity (Wildman–Crippen MR) is 60.0 cm³/mol. The van der Waals surface area contributed by atoms with Crippen LogP contribution < -0.4 is 4.72 Å². The van der Waals surface area contributed by atoms with Crippen molar-refractivity contribution in [3.05, 3.63) is 11.6 Å². The lowest BCUT2D eigenvalue weighted by Gasteiger charge is -2.32. The van der Waals surface area contributed by atoms with Crippen LogP contribution in [-0.2, 0) is 10.0 Å². The highest BCUT2D eigenvalue weighted by Crippen LogP contribution is 2.32. The molecule has 4 nitrogen and oxygen atoms in total. The molecule has 0 spiro atoms. The molecule has 0 heterocycles. The van der Waals surface area contributed by atoms with E-state index in [1.807, 2.05) is 20.8 Å². The highest BCUT2D eigenvalue weighted by molar-refractivity contribution is 7.90. The Hall–Kier alpha value is -0.390. The molecule has 0 bridgehead atoms. The standard InChI is InChI=1S/C10H19NO3S/c1-10(2,3)11-15(13,14)9-6-8(7-9)4-5-12/h4,9,11-12H,5-7H2,1-3H3. The van der Waals surface area contributed by atoms with Crippen LogP contribution in [0.2, 0.25) is 0 Å². The minimum atomic E-state index is -3.20. The minimum absolute atomic E-state index is 0.00516. The van der Waals surface area contributed by atoms with Crippen LogP contribution in [0.5, 0.6) is 0 Å². The Morgan fingerprint density at radius 1 is 1.47 bits per heavy atom. The summed E-state index contributed by atoms with van der Waals surface area (Å²) in [6.07, 6.45) is 2.78. The van der Waals surface area contributed by atoms with E-state index in [1.54, 1.807) is 6.08 Å². The van der Waals surface area contributed by atoms with Crippen LogP contribution in [0.25, 0.3) is 0 Å². The number of aliphatic hydroxyl groups excluding tert-OH is 1. The Bertz CT molecular complexity index is 343. The molecule has 15 heavy (non-hydrogen) atoms. The molecule has 5 heteroatoms. The maximum absolute atomic E-state index is 11.8. The van der Waals surface area contributed by atoms with E-state index in [2.05, 4.69) is 4.72 Å². The molecule has 1 aliphatic carbocycles. The van der Waals surface area contributed by atoms with Gasteiger partial charge in [-0.25, -0.2) is 13.1 Å². The molecular weight excluding hydrogens is 214 g/mol. The largest absolute Gasteiger partial charge is 0.392 e. The van der Waals surface area contributed by atoms with Gasteiger partial charge in [0.25, 0.3) is 0 Å². The quantitative estimate of drug-likeness (QED) is 0.708. The predicted octanol–water partition coefficient (Wildman–Crippen LogP) is 0.785. The van der Waals surface area contributed by atoms with Crippen molar-refractivity contribution in [1.29, 1.82) is 0 Å². The second kappa shape index (κ2) is 4.23. The molecule has 0 aromatic heterocycles. The van der Waals surface area contributed by atoms with E-state index >= 15 is 0 Å². The number of allylic oxidation sites excluding steroid dienone is 1. The van der Waals surface area contributed by atoms with Crippen LogP contribution in [0.3, 0.4) is 0 Å². The first kappa shape index (κ1) is 12.7. The molecule has 1 rings (SSSR count). The average Bonchev–Trinajstić information content (AvgIpc) is 1.89. The fraction of sp³-hybridized carbons (Fsp3) is 0.800. The Morgan fingerprint density at radius 3 is 2.40 bits per heavy atom. The van der Waals surface area contributed by atoms with E-state index in [0.717, 1.165) is 5.57 Å². The number of hydrogen-bond acceptors (Lipinski definition) is 3. The molecule has 0 aliphatic heterocycles. The third kappa shape index (κ3) is 3.59. The fourth-order valence-corrected chi connectivity index (χ4v) is 3.44. The average molecular weight is 233 g/mol. The van der Waals surface area contributed by atoms with Crippen molar-refractivity contribution in [2.45, 2.75) is 44.4 Å². The van der Waals surface area contributed by atoms with Gasteiger partial charge < -0.3 is 5.11 Å². The number of nitrogens with one attached hydrogen (secondary N) is 1. The molecule has 1 saturated carbocycles. The third-order valence-corrected chi connectivity index (χ3v) is 4.35. The molecular formula is C10H19NO3S. The number of aliphatic hydroxyl groups is 1. The van der Waals surface area contributed by atoms with Crippen molar-refractivity contribution in [2.24, 2.45) is 0 Å². The molecule has 88 valence electrons. The maximum Gasteiger partial charge on any atom is 0.215 e. The SMILES string of the molecule is CC(C)(C)NS(=O)(=O)C1CC(=CCO)C1. The van der Waals surface area contributed by atoms with Gasteiger partial charge in [0.15, 0.2) is 0 Å². The van der Waals surface area contributed by atoms with Crippen LogP contribution in [0.15, 0.2) is 11.6 Å². The minimum Gasteiger partial charge on any atom is -0.392 e. The van der Waals surface area contributed by atoms with Gasteiger partial charge in [-0.3, -0.25) is 0 Å². The van der Waals surface area contributed by atoms with E-state index in [4.69, 9.17) is 5.11 Å². The Labute approximate surface area is 91.4 Å². The summed E-state index contributed by atoms with van der Waals surface area (Å²) < 4.78 is 26.2. The molecule has 0 unspecified atom stereocenters. The Morgan fingerprint density at radius 2 is 2.00 bits per heavy atom. The second-order valence-electron chi connectivity index (χ2n) is 4.97. The normalized spacial score (nSPS) is 22.4. The van der Waals surface area contributed by atoms with Crippen molar-refractivity contribution in [3.8, 4) is 0 Å². The summed E-state index contributed by atoms with van der Waals surface area (Å²) in [5, 5.41) is 8.31. The monoisotopic (exact) mass is 233 g/mol. The van der Waals surface area contributed by atoms with Gasteiger partial charge in [-0.05, 0) is 33.6 Å². The van der Waals surface area contributed by atoms with Gasteiger partial charge in [-0.2, -0.15) is 0 Å². The van der Waals surface area contributed by atoms with Crippen LogP contribution >= 0.6 is 0 Å². The Kier molecular flexibility index (Phi) is 3.58. The molecule has 0 radical (unpaired) electrons. The van der Waals surface area contributed by atoms with E-state index in [0.29, 0.717) is 12.8 Å². The molecule has 0 aromatic rings. The van der Waals surface area contributed by atoms with Crippen LogP contribution in [0, 0.1) is 0 Å². The fourth-order valence-electron chi connectivity index (χ4n) is 1.55. The van der Waals surface area contributed by atoms with Crippen molar-refractivity contribution < 1.29 is 13.5 Å². The first-order valence-corrected chi connectivity index (χ1v) is 6.61. The molecule has 0 atom stereocenters. The first-order valence-electron chi connectivity index (χ1n) is 5.06. The summed E-state index contributed by atoms with van der Waals surface area (Å²) in [7, 11) is -3.20. The summed E-state index contributed by atoms with van der Waals surface area (Å²) in [5.74, 6) is 0. The second-order valence-corrected chi connectivity index (χ2v) is 6.93.